The number of hydrogen-bond acceptors (Lipinski definition) is 4. The van der Waals surface area contributed by atoms with Crippen LogP contribution in [0.15, 0.2) is 4.99 Å². The third kappa shape index (κ3) is 7.91. The molecule has 0 aliphatic carbocycles. The molecule has 0 aromatic carbocycles. The van der Waals surface area contributed by atoms with Crippen LogP contribution in [0.1, 0.15) is 39.0 Å². The van der Waals surface area contributed by atoms with Crippen molar-refractivity contribution in [1.29, 1.82) is 0 Å². The van der Waals surface area contributed by atoms with Crippen molar-refractivity contribution in [2.75, 3.05) is 60.0 Å². The number of aliphatic imine (C=N–C) groups is 1. The maximum atomic E-state index is 11.8. The minimum atomic E-state index is 0.00523. The monoisotopic (exact) mass is 367 g/mol. The van der Waals surface area contributed by atoms with Crippen LogP contribution in [0.4, 0.5) is 0 Å². The molecule has 2 N–H and O–H groups in total. The number of nitrogens with one attached hydrogen (secondary N) is 2. The number of amides is 1. The predicted octanol–water partition coefficient (Wildman–Crippen LogP) is 0.911. The molecule has 26 heavy (non-hydrogen) atoms. The van der Waals surface area contributed by atoms with E-state index in [2.05, 4.69) is 27.4 Å². The van der Waals surface area contributed by atoms with E-state index in [9.17, 15) is 4.79 Å². The number of piperidine rings is 1. The number of carbonyl (C=O) groups excluding carboxylic acids is 1. The predicted molar refractivity (Wildman–Crippen MR) is 105 cm³/mol. The highest BCUT2D eigenvalue weighted by molar-refractivity contribution is 5.84. The summed E-state index contributed by atoms with van der Waals surface area (Å²) in [5.74, 6) is 1.59. The lowest BCUT2D eigenvalue weighted by Crippen LogP contribution is -2.43. The molecule has 1 amide bonds. The second-order valence-corrected chi connectivity index (χ2v) is 7.77. The van der Waals surface area contributed by atoms with Gasteiger partial charge in [-0.25, -0.2) is 4.99 Å². The quantitative estimate of drug-likeness (QED) is 0.379. The van der Waals surface area contributed by atoms with Crippen molar-refractivity contribution in [2.24, 2.45) is 10.9 Å². The topological polar surface area (TPSA) is 69.2 Å². The molecule has 0 saturated carbocycles. The third-order valence-corrected chi connectivity index (χ3v) is 5.21. The van der Waals surface area contributed by atoms with E-state index in [-0.39, 0.29) is 18.6 Å². The van der Waals surface area contributed by atoms with Crippen LogP contribution in [-0.4, -0.2) is 87.7 Å². The summed E-state index contributed by atoms with van der Waals surface area (Å²) in [7, 11) is 3.51. The number of carbonyl (C=O) groups is 1. The summed E-state index contributed by atoms with van der Waals surface area (Å²) < 4.78 is 5.65. The van der Waals surface area contributed by atoms with Gasteiger partial charge in [-0.3, -0.25) is 4.79 Å². The highest BCUT2D eigenvalue weighted by Gasteiger charge is 2.17. The minimum absolute atomic E-state index is 0.00523. The van der Waals surface area contributed by atoms with Crippen LogP contribution in [0, 0.1) is 5.92 Å². The molecule has 0 spiro atoms. The zero-order valence-electron chi connectivity index (χ0n) is 16.8. The smallest absolute Gasteiger partial charge is 0.243 e. The van der Waals surface area contributed by atoms with Gasteiger partial charge < -0.3 is 25.2 Å². The summed E-state index contributed by atoms with van der Waals surface area (Å²) in [6.45, 7) is 8.52. The summed E-state index contributed by atoms with van der Waals surface area (Å²) in [4.78, 5) is 20.4. The Kier molecular flexibility index (Phi) is 9.18. The van der Waals surface area contributed by atoms with Crippen molar-refractivity contribution in [3.8, 4) is 0 Å². The first-order chi connectivity index (χ1) is 12.5. The van der Waals surface area contributed by atoms with E-state index in [4.69, 9.17) is 4.74 Å². The Balaban J connectivity index is 1.71. The van der Waals surface area contributed by atoms with Crippen LogP contribution < -0.4 is 10.6 Å². The molecule has 2 saturated heterocycles. The fourth-order valence-electron chi connectivity index (χ4n) is 3.27. The van der Waals surface area contributed by atoms with Crippen molar-refractivity contribution in [3.63, 3.8) is 0 Å². The molecular formula is C19H37N5O2. The lowest BCUT2D eigenvalue weighted by molar-refractivity contribution is -0.127. The summed E-state index contributed by atoms with van der Waals surface area (Å²) in [6, 6.07) is 0. The van der Waals surface area contributed by atoms with Gasteiger partial charge in [0, 0.05) is 33.8 Å². The van der Waals surface area contributed by atoms with Gasteiger partial charge in [0.05, 0.1) is 6.10 Å². The fourth-order valence-corrected chi connectivity index (χ4v) is 3.27. The van der Waals surface area contributed by atoms with Crippen molar-refractivity contribution in [2.45, 2.75) is 45.1 Å². The normalized spacial score (nSPS) is 22.4. The van der Waals surface area contributed by atoms with Crippen LogP contribution in [0.25, 0.3) is 0 Å². The molecular weight excluding hydrogens is 330 g/mol. The van der Waals surface area contributed by atoms with E-state index in [0.717, 1.165) is 51.4 Å². The molecule has 0 aromatic rings. The molecule has 0 bridgehead atoms. The standard InChI is InChI=1S/C19H37N5O2/c1-16-7-11-24(12-8-16)10-5-9-20-19(22-15-18(25)23(2)3)21-14-17-6-4-13-26-17/h16-17H,4-15H2,1-3H3,(H2,20,21,22). The van der Waals surface area contributed by atoms with E-state index in [0.29, 0.717) is 5.96 Å². The Morgan fingerprint density at radius 2 is 2.00 bits per heavy atom. The minimum Gasteiger partial charge on any atom is -0.376 e. The summed E-state index contributed by atoms with van der Waals surface area (Å²) in [6.07, 6.45) is 6.17. The van der Waals surface area contributed by atoms with Gasteiger partial charge in [0.15, 0.2) is 5.96 Å². The van der Waals surface area contributed by atoms with Crippen LogP contribution in [0.2, 0.25) is 0 Å². The number of hydrogen-bond donors (Lipinski definition) is 2. The van der Waals surface area contributed by atoms with E-state index in [1.54, 1.807) is 19.0 Å². The van der Waals surface area contributed by atoms with Crippen molar-refractivity contribution >= 4 is 11.9 Å². The van der Waals surface area contributed by atoms with Gasteiger partial charge in [0.1, 0.15) is 6.54 Å². The molecule has 2 aliphatic heterocycles. The van der Waals surface area contributed by atoms with E-state index >= 15 is 0 Å². The molecule has 2 fully saturated rings. The zero-order chi connectivity index (χ0) is 18.8. The molecule has 0 aromatic heterocycles. The third-order valence-electron chi connectivity index (χ3n) is 5.21. The molecule has 7 nitrogen and oxygen atoms in total. The number of ether oxygens (including phenoxy) is 1. The number of likely N-dealkylation sites (tertiary alicyclic amines) is 1. The first-order valence-corrected chi connectivity index (χ1v) is 10.1. The second-order valence-electron chi connectivity index (χ2n) is 7.77. The molecule has 2 aliphatic rings. The van der Waals surface area contributed by atoms with Crippen molar-refractivity contribution in [1.82, 2.24) is 20.4 Å². The Labute approximate surface area is 158 Å². The average molecular weight is 368 g/mol. The number of guanidine groups is 1. The van der Waals surface area contributed by atoms with Gasteiger partial charge in [0.25, 0.3) is 0 Å². The van der Waals surface area contributed by atoms with Gasteiger partial charge >= 0.3 is 0 Å². The second kappa shape index (κ2) is 11.4. The highest BCUT2D eigenvalue weighted by atomic mass is 16.5. The summed E-state index contributed by atoms with van der Waals surface area (Å²) in [5, 5.41) is 6.70. The van der Waals surface area contributed by atoms with Crippen LogP contribution >= 0.6 is 0 Å². The van der Waals surface area contributed by atoms with Crippen molar-refractivity contribution < 1.29 is 9.53 Å². The molecule has 150 valence electrons. The number of likely N-dealkylation sites (N-methyl/N-ethyl adjacent to an activating group) is 1. The lowest BCUT2D eigenvalue weighted by atomic mass is 9.99. The maximum Gasteiger partial charge on any atom is 0.243 e. The maximum absolute atomic E-state index is 11.8. The zero-order valence-corrected chi connectivity index (χ0v) is 16.8. The molecule has 2 heterocycles. The van der Waals surface area contributed by atoms with Gasteiger partial charge in [-0.1, -0.05) is 6.92 Å². The van der Waals surface area contributed by atoms with E-state index < -0.39 is 0 Å². The fraction of sp³-hybridized carbons (Fsp3) is 0.895. The first-order valence-electron chi connectivity index (χ1n) is 10.1. The largest absolute Gasteiger partial charge is 0.376 e. The molecule has 2 rings (SSSR count). The summed E-state index contributed by atoms with van der Waals surface area (Å²) >= 11 is 0. The summed E-state index contributed by atoms with van der Waals surface area (Å²) in [5.41, 5.74) is 0. The van der Waals surface area contributed by atoms with Gasteiger partial charge in [0.2, 0.25) is 5.91 Å². The van der Waals surface area contributed by atoms with Crippen LogP contribution in [0.3, 0.4) is 0 Å². The first kappa shape index (κ1) is 21.0. The number of nitrogens with zero attached hydrogens (tertiary/aromatic N) is 3. The van der Waals surface area contributed by atoms with Gasteiger partial charge in [-0.15, -0.1) is 0 Å². The Morgan fingerprint density at radius 1 is 1.23 bits per heavy atom. The van der Waals surface area contributed by atoms with E-state index in [1.807, 2.05) is 0 Å². The molecule has 0 radical (unpaired) electrons. The van der Waals surface area contributed by atoms with Crippen LogP contribution in [0.5, 0.6) is 0 Å². The van der Waals surface area contributed by atoms with Gasteiger partial charge in [-0.05, 0) is 57.7 Å². The SMILES string of the molecule is CC1CCN(CCCNC(=NCC(=O)N(C)C)NCC2CCCO2)CC1. The van der Waals surface area contributed by atoms with E-state index in [1.165, 1.54) is 25.9 Å². The Hall–Kier alpha value is -1.34. The molecule has 1 unspecified atom stereocenters. The molecule has 1 atom stereocenters. The van der Waals surface area contributed by atoms with Crippen molar-refractivity contribution in [3.05, 3.63) is 0 Å². The Bertz CT molecular complexity index is 441. The lowest BCUT2D eigenvalue weighted by Gasteiger charge is -2.30. The Morgan fingerprint density at radius 3 is 2.65 bits per heavy atom. The number of rotatable bonds is 8. The highest BCUT2D eigenvalue weighted by Crippen LogP contribution is 2.15. The molecule has 7 heteroatoms. The average Bonchev–Trinajstić information content (AvgIpc) is 3.15. The van der Waals surface area contributed by atoms with Crippen LogP contribution in [-0.2, 0) is 9.53 Å². The van der Waals surface area contributed by atoms with Gasteiger partial charge in [-0.2, -0.15) is 0 Å².